The number of thiophene rings is 1. The lowest BCUT2D eigenvalue weighted by Crippen LogP contribution is -1.93. The predicted octanol–water partition coefficient (Wildman–Crippen LogP) is 9.91. The standard InChI is InChI=1S/C36H21N3S/c1-2-12-27-25(10-1)26-11-3-4-13-28(26)31-19-23(16-17-29(27)31)22-8-7-9-24(18-22)39-32-15-6-5-14-30(32)34-35-33(40-36(34)39)20-37-21-38-35/h1-21H. The molecule has 0 aliphatic rings. The van der Waals surface area contributed by atoms with Gasteiger partial charge in [-0.15, -0.1) is 11.3 Å². The van der Waals surface area contributed by atoms with Crippen LogP contribution in [0.3, 0.4) is 0 Å². The highest BCUT2D eigenvalue weighted by molar-refractivity contribution is 7.25. The summed E-state index contributed by atoms with van der Waals surface area (Å²) in [5, 5.41) is 10.2. The minimum absolute atomic E-state index is 1.02. The lowest BCUT2D eigenvalue weighted by atomic mass is 9.92. The molecule has 0 aliphatic carbocycles. The molecule has 0 radical (unpaired) electrons. The molecule has 0 N–H and O–H groups in total. The van der Waals surface area contributed by atoms with E-state index >= 15 is 0 Å². The van der Waals surface area contributed by atoms with Crippen molar-refractivity contribution in [2.45, 2.75) is 0 Å². The summed E-state index contributed by atoms with van der Waals surface area (Å²) in [6.07, 6.45) is 3.57. The Morgan fingerprint density at radius 3 is 1.98 bits per heavy atom. The third kappa shape index (κ3) is 2.99. The van der Waals surface area contributed by atoms with E-state index in [2.05, 4.69) is 130 Å². The molecule has 0 atom stereocenters. The van der Waals surface area contributed by atoms with Gasteiger partial charge in [-0.25, -0.2) is 9.97 Å². The molecule has 186 valence electrons. The summed E-state index contributed by atoms with van der Waals surface area (Å²) in [5.41, 5.74) is 5.77. The van der Waals surface area contributed by atoms with Crippen molar-refractivity contribution in [3.05, 3.63) is 128 Å². The van der Waals surface area contributed by atoms with Crippen molar-refractivity contribution in [1.82, 2.24) is 14.5 Å². The van der Waals surface area contributed by atoms with E-state index in [1.165, 1.54) is 64.6 Å². The fraction of sp³-hybridized carbons (Fsp3) is 0. The summed E-state index contributed by atoms with van der Waals surface area (Å²) in [6.45, 7) is 0. The van der Waals surface area contributed by atoms with Crippen LogP contribution in [0.25, 0.3) is 80.5 Å². The Balaban J connectivity index is 1.30. The summed E-state index contributed by atoms with van der Waals surface area (Å²) < 4.78 is 3.49. The average molecular weight is 528 g/mol. The largest absolute Gasteiger partial charge is 0.301 e. The van der Waals surface area contributed by atoms with Gasteiger partial charge >= 0.3 is 0 Å². The van der Waals surface area contributed by atoms with Crippen LogP contribution in [-0.4, -0.2) is 14.5 Å². The Bertz CT molecular complexity index is 2410. The van der Waals surface area contributed by atoms with Crippen molar-refractivity contribution in [2.75, 3.05) is 0 Å². The van der Waals surface area contributed by atoms with Gasteiger partial charge in [-0.1, -0.05) is 91.0 Å². The van der Waals surface area contributed by atoms with Crippen LogP contribution in [0, 0.1) is 0 Å². The molecule has 0 amide bonds. The van der Waals surface area contributed by atoms with E-state index in [4.69, 9.17) is 0 Å². The third-order valence-corrected chi connectivity index (χ3v) is 9.23. The van der Waals surface area contributed by atoms with E-state index < -0.39 is 0 Å². The second-order valence-electron chi connectivity index (χ2n) is 10.3. The Kier molecular flexibility index (Phi) is 4.48. The van der Waals surface area contributed by atoms with Crippen molar-refractivity contribution >= 4 is 75.0 Å². The van der Waals surface area contributed by atoms with Gasteiger partial charge in [-0.05, 0) is 67.7 Å². The van der Waals surface area contributed by atoms with E-state index in [0.717, 1.165) is 15.9 Å². The molecule has 0 fully saturated rings. The van der Waals surface area contributed by atoms with Crippen LogP contribution >= 0.6 is 11.3 Å². The second kappa shape index (κ2) is 8.22. The van der Waals surface area contributed by atoms with Crippen LogP contribution in [0.15, 0.2) is 128 Å². The number of fused-ring (bicyclic) bond motifs is 11. The molecule has 9 aromatic rings. The summed E-state index contributed by atoms with van der Waals surface area (Å²) in [4.78, 5) is 10.1. The zero-order valence-corrected chi connectivity index (χ0v) is 22.2. The topological polar surface area (TPSA) is 30.7 Å². The summed E-state index contributed by atoms with van der Waals surface area (Å²) in [6, 6.07) is 41.9. The maximum absolute atomic E-state index is 4.65. The van der Waals surface area contributed by atoms with E-state index in [9.17, 15) is 0 Å². The van der Waals surface area contributed by atoms with Crippen LogP contribution in [-0.2, 0) is 0 Å². The highest BCUT2D eigenvalue weighted by Crippen LogP contribution is 2.42. The van der Waals surface area contributed by atoms with Crippen molar-refractivity contribution in [3.63, 3.8) is 0 Å². The smallest absolute Gasteiger partial charge is 0.116 e. The minimum Gasteiger partial charge on any atom is -0.301 e. The number of aromatic nitrogens is 3. The van der Waals surface area contributed by atoms with Gasteiger partial charge in [0.15, 0.2) is 0 Å². The molecule has 0 saturated carbocycles. The number of hydrogen-bond donors (Lipinski definition) is 0. The molecular formula is C36H21N3S. The Labute approximate surface area is 233 Å². The fourth-order valence-corrected chi connectivity index (χ4v) is 7.57. The van der Waals surface area contributed by atoms with Crippen LogP contribution in [0.4, 0.5) is 0 Å². The molecule has 0 saturated heterocycles. The number of para-hydroxylation sites is 1. The number of rotatable bonds is 2. The van der Waals surface area contributed by atoms with Gasteiger partial charge in [-0.2, -0.15) is 0 Å². The van der Waals surface area contributed by atoms with Crippen molar-refractivity contribution in [3.8, 4) is 16.8 Å². The van der Waals surface area contributed by atoms with Gasteiger partial charge in [0.1, 0.15) is 11.2 Å². The van der Waals surface area contributed by atoms with Gasteiger partial charge in [0, 0.05) is 22.7 Å². The molecule has 0 aliphatic heterocycles. The fourth-order valence-electron chi connectivity index (χ4n) is 6.39. The number of nitrogens with zero attached hydrogens (tertiary/aromatic N) is 3. The minimum atomic E-state index is 1.02. The SMILES string of the molecule is c1cc(-c2ccc3c4ccccc4c4ccccc4c3c2)cc(-n2c3ccccc3c3c4ncncc4sc32)c1. The maximum atomic E-state index is 4.65. The van der Waals surface area contributed by atoms with Gasteiger partial charge in [0.25, 0.3) is 0 Å². The molecule has 6 aromatic carbocycles. The zero-order chi connectivity index (χ0) is 26.2. The normalized spacial score (nSPS) is 12.0. The number of benzene rings is 6. The van der Waals surface area contributed by atoms with Crippen molar-refractivity contribution < 1.29 is 0 Å². The highest BCUT2D eigenvalue weighted by Gasteiger charge is 2.18. The predicted molar refractivity (Wildman–Crippen MR) is 170 cm³/mol. The summed E-state index contributed by atoms with van der Waals surface area (Å²) in [7, 11) is 0. The van der Waals surface area contributed by atoms with E-state index in [1.54, 1.807) is 17.7 Å². The third-order valence-electron chi connectivity index (χ3n) is 8.14. The quantitative estimate of drug-likeness (QED) is 0.209. The highest BCUT2D eigenvalue weighted by atomic mass is 32.1. The van der Waals surface area contributed by atoms with E-state index in [-0.39, 0.29) is 0 Å². The van der Waals surface area contributed by atoms with Gasteiger partial charge < -0.3 is 4.57 Å². The molecule has 0 bridgehead atoms. The molecule has 0 unspecified atom stereocenters. The van der Waals surface area contributed by atoms with Crippen LogP contribution in [0.1, 0.15) is 0 Å². The Morgan fingerprint density at radius 2 is 1.20 bits per heavy atom. The monoisotopic (exact) mass is 527 g/mol. The van der Waals surface area contributed by atoms with Crippen molar-refractivity contribution in [1.29, 1.82) is 0 Å². The molecule has 4 heteroatoms. The van der Waals surface area contributed by atoms with Crippen LogP contribution < -0.4 is 0 Å². The van der Waals surface area contributed by atoms with Gasteiger partial charge in [0.05, 0.1) is 15.7 Å². The molecule has 3 nitrogen and oxygen atoms in total. The number of hydrogen-bond acceptors (Lipinski definition) is 3. The van der Waals surface area contributed by atoms with Crippen LogP contribution in [0.5, 0.6) is 0 Å². The Morgan fingerprint density at radius 1 is 0.550 bits per heavy atom. The Hall–Kier alpha value is -5.06. The molecule has 9 rings (SSSR count). The maximum Gasteiger partial charge on any atom is 0.116 e. The lowest BCUT2D eigenvalue weighted by Gasteiger charge is -2.13. The zero-order valence-electron chi connectivity index (χ0n) is 21.4. The second-order valence-corrected chi connectivity index (χ2v) is 11.3. The first kappa shape index (κ1) is 21.8. The molecule has 3 heterocycles. The molecule has 40 heavy (non-hydrogen) atoms. The first-order valence-electron chi connectivity index (χ1n) is 13.4. The van der Waals surface area contributed by atoms with Gasteiger partial charge in [0.2, 0.25) is 0 Å². The average Bonchev–Trinajstić information content (AvgIpc) is 3.56. The van der Waals surface area contributed by atoms with Gasteiger partial charge in [-0.3, -0.25) is 0 Å². The lowest BCUT2D eigenvalue weighted by molar-refractivity contribution is 1.19. The van der Waals surface area contributed by atoms with E-state index in [1.807, 2.05) is 6.20 Å². The first-order chi connectivity index (χ1) is 19.8. The summed E-state index contributed by atoms with van der Waals surface area (Å²) in [5.74, 6) is 0. The molecule has 3 aromatic heterocycles. The van der Waals surface area contributed by atoms with E-state index in [0.29, 0.717) is 0 Å². The molecular weight excluding hydrogens is 506 g/mol. The first-order valence-corrected chi connectivity index (χ1v) is 14.2. The van der Waals surface area contributed by atoms with Crippen LogP contribution in [0.2, 0.25) is 0 Å². The van der Waals surface area contributed by atoms with Crippen molar-refractivity contribution in [2.24, 2.45) is 0 Å². The summed E-state index contributed by atoms with van der Waals surface area (Å²) >= 11 is 1.75. The molecule has 0 spiro atoms.